The van der Waals surface area contributed by atoms with Crippen LogP contribution in [0.5, 0.6) is 0 Å². The Hall–Kier alpha value is -3.02. The van der Waals surface area contributed by atoms with Gasteiger partial charge < -0.3 is 9.84 Å². The zero-order valence-electron chi connectivity index (χ0n) is 16.6. The normalized spacial score (nSPS) is 12.5. The molecule has 6 heteroatoms. The van der Waals surface area contributed by atoms with Gasteiger partial charge in [-0.15, -0.1) is 0 Å². The van der Waals surface area contributed by atoms with Crippen LogP contribution in [0.3, 0.4) is 0 Å². The van der Waals surface area contributed by atoms with Gasteiger partial charge in [0.15, 0.2) is 0 Å². The van der Waals surface area contributed by atoms with Crippen LogP contribution >= 0.6 is 0 Å². The average Bonchev–Trinajstić information content (AvgIpc) is 3.16. The van der Waals surface area contributed by atoms with E-state index in [-0.39, 0.29) is 17.4 Å². The summed E-state index contributed by atoms with van der Waals surface area (Å²) >= 11 is 0. The summed E-state index contributed by atoms with van der Waals surface area (Å²) in [6, 6.07) is 14.1. The van der Waals surface area contributed by atoms with Crippen molar-refractivity contribution in [2.45, 2.75) is 51.5 Å². The zero-order chi connectivity index (χ0) is 20.0. The molecule has 0 radical (unpaired) electrons. The Bertz CT molecular complexity index is 891. The molecule has 146 valence electrons. The lowest BCUT2D eigenvalue weighted by atomic mass is 9.79. The number of nitrogens with zero attached hydrogens (tertiary/aromatic N) is 3. The van der Waals surface area contributed by atoms with E-state index in [4.69, 9.17) is 4.52 Å². The molecule has 1 atom stereocenters. The van der Waals surface area contributed by atoms with Crippen molar-refractivity contribution in [3.05, 3.63) is 66.3 Å². The average molecular weight is 378 g/mol. The van der Waals surface area contributed by atoms with E-state index in [1.165, 1.54) is 5.56 Å². The van der Waals surface area contributed by atoms with Gasteiger partial charge in [-0.2, -0.15) is 4.98 Å². The predicted octanol–water partition coefficient (Wildman–Crippen LogP) is 3.94. The van der Waals surface area contributed by atoms with Crippen molar-refractivity contribution < 1.29 is 9.32 Å². The van der Waals surface area contributed by atoms with E-state index in [1.54, 1.807) is 12.4 Å². The lowest BCUT2D eigenvalue weighted by molar-refractivity contribution is -0.121. The van der Waals surface area contributed by atoms with Crippen LogP contribution in [-0.2, 0) is 16.6 Å². The third-order valence-electron chi connectivity index (χ3n) is 4.73. The molecule has 0 saturated heterocycles. The van der Waals surface area contributed by atoms with Gasteiger partial charge >= 0.3 is 0 Å². The fraction of sp³-hybridized carbons (Fsp3) is 0.364. The molecule has 0 saturated carbocycles. The van der Waals surface area contributed by atoms with E-state index < -0.39 is 0 Å². The van der Waals surface area contributed by atoms with Crippen LogP contribution in [0.1, 0.15) is 45.1 Å². The van der Waals surface area contributed by atoms with Crippen molar-refractivity contribution in [2.75, 3.05) is 0 Å². The summed E-state index contributed by atoms with van der Waals surface area (Å²) in [6.45, 7) is 6.43. The predicted molar refractivity (Wildman–Crippen MR) is 108 cm³/mol. The van der Waals surface area contributed by atoms with E-state index in [0.717, 1.165) is 12.0 Å². The first-order chi connectivity index (χ1) is 13.4. The van der Waals surface area contributed by atoms with Crippen LogP contribution in [0, 0.1) is 0 Å². The molecule has 0 spiro atoms. The largest absolute Gasteiger partial charge is 0.354 e. The summed E-state index contributed by atoms with van der Waals surface area (Å²) in [5.74, 6) is 0.922. The first kappa shape index (κ1) is 19.7. The van der Waals surface area contributed by atoms with Crippen LogP contribution in [0.4, 0.5) is 0 Å². The molecule has 2 aromatic heterocycles. The Morgan fingerprint density at radius 1 is 1.18 bits per heavy atom. The van der Waals surface area contributed by atoms with E-state index in [9.17, 15) is 4.79 Å². The molecule has 0 bridgehead atoms. The molecule has 28 heavy (non-hydrogen) atoms. The first-order valence-corrected chi connectivity index (χ1v) is 9.52. The summed E-state index contributed by atoms with van der Waals surface area (Å²) in [5.41, 5.74) is 2.04. The fourth-order valence-corrected chi connectivity index (χ4v) is 3.36. The van der Waals surface area contributed by atoms with Gasteiger partial charge in [0.25, 0.3) is 0 Å². The maximum atomic E-state index is 12.3. The number of hydrogen-bond donors (Lipinski definition) is 1. The van der Waals surface area contributed by atoms with Crippen LogP contribution in [-0.4, -0.2) is 27.1 Å². The first-order valence-electron chi connectivity index (χ1n) is 9.52. The Morgan fingerprint density at radius 3 is 2.68 bits per heavy atom. The number of carbonyl (C=O) groups is 1. The number of rotatable bonds is 8. The Labute approximate surface area is 165 Å². The second-order valence-electron chi connectivity index (χ2n) is 7.68. The van der Waals surface area contributed by atoms with Gasteiger partial charge in [0.1, 0.15) is 0 Å². The molecule has 0 fully saturated rings. The molecule has 3 aromatic rings. The number of hydrogen-bond acceptors (Lipinski definition) is 5. The monoisotopic (exact) mass is 378 g/mol. The van der Waals surface area contributed by atoms with Gasteiger partial charge in [0.05, 0.1) is 0 Å². The summed E-state index contributed by atoms with van der Waals surface area (Å²) in [7, 11) is 0. The second kappa shape index (κ2) is 8.78. The zero-order valence-corrected chi connectivity index (χ0v) is 16.6. The molecule has 6 nitrogen and oxygen atoms in total. The summed E-state index contributed by atoms with van der Waals surface area (Å²) in [6.07, 6.45) is 4.94. The number of nitrogens with one attached hydrogen (secondary N) is 1. The standard InChI is InChI=1S/C22H26N4O2/c1-16(14-22(2,3)18-9-5-4-6-10-18)24-19(27)11-12-20-25-21(26-28-20)17-8-7-13-23-15-17/h4-10,13,15-16H,11-12,14H2,1-3H3,(H,24,27). The van der Waals surface area contributed by atoms with Crippen molar-refractivity contribution in [3.63, 3.8) is 0 Å². The Kier molecular flexibility index (Phi) is 6.19. The Balaban J connectivity index is 1.48. The van der Waals surface area contributed by atoms with Gasteiger partial charge in [-0.05, 0) is 36.5 Å². The van der Waals surface area contributed by atoms with Crippen molar-refractivity contribution >= 4 is 5.91 Å². The minimum atomic E-state index is -0.0162. The lowest BCUT2D eigenvalue weighted by Gasteiger charge is -2.29. The molecule has 0 aliphatic rings. The van der Waals surface area contributed by atoms with Gasteiger partial charge in [0, 0.05) is 36.8 Å². The molecular weight excluding hydrogens is 352 g/mol. The van der Waals surface area contributed by atoms with E-state index in [0.29, 0.717) is 24.6 Å². The summed E-state index contributed by atoms with van der Waals surface area (Å²) in [4.78, 5) is 20.7. The molecule has 0 aliphatic carbocycles. The summed E-state index contributed by atoms with van der Waals surface area (Å²) in [5, 5.41) is 7.03. The molecular formula is C22H26N4O2. The van der Waals surface area contributed by atoms with Crippen molar-refractivity contribution in [1.29, 1.82) is 0 Å². The molecule has 1 unspecified atom stereocenters. The fourth-order valence-electron chi connectivity index (χ4n) is 3.36. The van der Waals surface area contributed by atoms with Crippen molar-refractivity contribution in [3.8, 4) is 11.4 Å². The highest BCUT2D eigenvalue weighted by Crippen LogP contribution is 2.28. The van der Waals surface area contributed by atoms with Crippen LogP contribution in [0.15, 0.2) is 59.4 Å². The van der Waals surface area contributed by atoms with Crippen LogP contribution in [0.2, 0.25) is 0 Å². The third-order valence-corrected chi connectivity index (χ3v) is 4.73. The molecule has 3 rings (SSSR count). The topological polar surface area (TPSA) is 80.9 Å². The molecule has 1 amide bonds. The van der Waals surface area contributed by atoms with E-state index >= 15 is 0 Å². The number of aromatic nitrogens is 3. The second-order valence-corrected chi connectivity index (χ2v) is 7.68. The van der Waals surface area contributed by atoms with E-state index in [1.807, 2.05) is 37.3 Å². The highest BCUT2D eigenvalue weighted by molar-refractivity contribution is 5.76. The maximum absolute atomic E-state index is 12.3. The lowest BCUT2D eigenvalue weighted by Crippen LogP contribution is -2.37. The maximum Gasteiger partial charge on any atom is 0.227 e. The molecule has 2 heterocycles. The van der Waals surface area contributed by atoms with E-state index in [2.05, 4.69) is 46.4 Å². The van der Waals surface area contributed by atoms with Crippen LogP contribution < -0.4 is 5.32 Å². The highest BCUT2D eigenvalue weighted by Gasteiger charge is 2.24. The van der Waals surface area contributed by atoms with Crippen LogP contribution in [0.25, 0.3) is 11.4 Å². The molecule has 1 N–H and O–H groups in total. The van der Waals surface area contributed by atoms with Gasteiger partial charge in [0.2, 0.25) is 17.6 Å². The highest BCUT2D eigenvalue weighted by atomic mass is 16.5. The molecule has 0 aliphatic heterocycles. The van der Waals surface area contributed by atoms with Gasteiger partial charge in [-0.3, -0.25) is 9.78 Å². The summed E-state index contributed by atoms with van der Waals surface area (Å²) < 4.78 is 5.24. The van der Waals surface area contributed by atoms with Crippen molar-refractivity contribution in [1.82, 2.24) is 20.4 Å². The van der Waals surface area contributed by atoms with Gasteiger partial charge in [-0.1, -0.05) is 49.3 Å². The van der Waals surface area contributed by atoms with Crippen molar-refractivity contribution in [2.24, 2.45) is 0 Å². The number of pyridine rings is 1. The minimum absolute atomic E-state index is 0.0148. The number of carbonyl (C=O) groups excluding carboxylic acids is 1. The number of benzene rings is 1. The number of aryl methyl sites for hydroxylation is 1. The Morgan fingerprint density at radius 2 is 1.96 bits per heavy atom. The quantitative estimate of drug-likeness (QED) is 0.642. The number of amides is 1. The SMILES string of the molecule is CC(CC(C)(C)c1ccccc1)NC(=O)CCc1nc(-c2cccnc2)no1. The third kappa shape index (κ3) is 5.25. The molecule has 1 aromatic carbocycles. The smallest absolute Gasteiger partial charge is 0.227 e. The van der Waals surface area contributed by atoms with Gasteiger partial charge in [-0.25, -0.2) is 0 Å². The minimum Gasteiger partial charge on any atom is -0.354 e.